The summed E-state index contributed by atoms with van der Waals surface area (Å²) in [5.41, 5.74) is -0.719. The van der Waals surface area contributed by atoms with Crippen LogP contribution in [0.4, 0.5) is 4.39 Å². The number of benzene rings is 1. The van der Waals surface area contributed by atoms with E-state index < -0.39 is 18.0 Å². The van der Waals surface area contributed by atoms with Gasteiger partial charge in [-0.1, -0.05) is 13.3 Å². The third-order valence-corrected chi connectivity index (χ3v) is 4.19. The zero-order valence-corrected chi connectivity index (χ0v) is 14.3. The fourth-order valence-corrected chi connectivity index (χ4v) is 2.80. The maximum Gasteiger partial charge on any atom is 0.223 e. The second kappa shape index (κ2) is 6.90. The van der Waals surface area contributed by atoms with Crippen molar-refractivity contribution in [2.45, 2.75) is 32.3 Å². The summed E-state index contributed by atoms with van der Waals surface area (Å²) in [6.45, 7) is 3.55. The molecular weight excluding hydrogens is 323 g/mol. The van der Waals surface area contributed by atoms with Crippen LogP contribution in [0.2, 0.25) is 0 Å². The summed E-state index contributed by atoms with van der Waals surface area (Å²) in [5.74, 6) is -0.0119. The minimum atomic E-state index is -1.54. The zero-order chi connectivity index (χ0) is 18.0. The molecule has 0 aliphatic heterocycles. The van der Waals surface area contributed by atoms with Crippen molar-refractivity contribution in [3.8, 4) is 5.88 Å². The Kier molecular flexibility index (Phi) is 4.83. The molecule has 0 saturated heterocycles. The van der Waals surface area contributed by atoms with Crippen LogP contribution in [0.25, 0.3) is 21.7 Å². The van der Waals surface area contributed by atoms with E-state index in [1.54, 1.807) is 18.3 Å². The van der Waals surface area contributed by atoms with Gasteiger partial charge < -0.3 is 14.9 Å². The van der Waals surface area contributed by atoms with Crippen LogP contribution in [0, 0.1) is 5.82 Å². The topological polar surface area (TPSA) is 75.5 Å². The first-order valence-electron chi connectivity index (χ1n) is 8.32. The Bertz CT molecular complexity index is 912. The number of halogens is 1. The van der Waals surface area contributed by atoms with Crippen LogP contribution in [0.15, 0.2) is 30.5 Å². The van der Waals surface area contributed by atoms with E-state index in [4.69, 9.17) is 4.74 Å². The molecule has 0 aliphatic carbocycles. The zero-order valence-electron chi connectivity index (χ0n) is 14.3. The lowest BCUT2D eigenvalue weighted by Gasteiger charge is -2.23. The fourth-order valence-electron chi connectivity index (χ4n) is 2.80. The number of pyridine rings is 2. The molecule has 0 bridgehead atoms. The molecule has 1 unspecified atom stereocenters. The molecule has 0 radical (unpaired) electrons. The van der Waals surface area contributed by atoms with Gasteiger partial charge in [0.25, 0.3) is 0 Å². The van der Waals surface area contributed by atoms with Crippen molar-refractivity contribution in [2.24, 2.45) is 0 Å². The third-order valence-electron chi connectivity index (χ3n) is 4.19. The molecule has 5 nitrogen and oxygen atoms in total. The van der Waals surface area contributed by atoms with Gasteiger partial charge in [-0.2, -0.15) is 0 Å². The number of fused-ring (bicyclic) bond motifs is 3. The molecule has 0 aliphatic rings. The van der Waals surface area contributed by atoms with Gasteiger partial charge >= 0.3 is 0 Å². The van der Waals surface area contributed by atoms with Crippen LogP contribution in [-0.4, -0.2) is 33.4 Å². The molecule has 1 aromatic carbocycles. The second-order valence-corrected chi connectivity index (χ2v) is 6.29. The molecule has 2 heterocycles. The van der Waals surface area contributed by atoms with Crippen LogP contribution in [0.1, 0.15) is 32.4 Å². The molecule has 3 rings (SSSR count). The lowest BCUT2D eigenvalue weighted by Crippen LogP contribution is -2.27. The molecule has 2 N–H and O–H groups in total. The van der Waals surface area contributed by atoms with E-state index in [1.807, 2.05) is 0 Å². The Hall–Kier alpha value is -2.31. The van der Waals surface area contributed by atoms with E-state index in [-0.39, 0.29) is 0 Å². The minimum Gasteiger partial charge on any atom is -0.477 e. The van der Waals surface area contributed by atoms with Crippen molar-refractivity contribution < 1.29 is 19.3 Å². The Morgan fingerprint density at radius 1 is 1.24 bits per heavy atom. The normalized spacial score (nSPS) is 14.0. The van der Waals surface area contributed by atoms with Crippen LogP contribution in [-0.2, 0) is 5.60 Å². The highest BCUT2D eigenvalue weighted by Gasteiger charge is 2.28. The number of hydrogen-bond donors (Lipinski definition) is 2. The quantitative estimate of drug-likeness (QED) is 0.530. The Morgan fingerprint density at radius 3 is 2.76 bits per heavy atom. The first kappa shape index (κ1) is 17.5. The Morgan fingerprint density at radius 2 is 2.04 bits per heavy atom. The van der Waals surface area contributed by atoms with Gasteiger partial charge in [-0.15, -0.1) is 0 Å². The summed E-state index contributed by atoms with van der Waals surface area (Å²) in [6.07, 6.45) is 3.44. The standard InChI is InChI=1S/C19H21FN2O3/c1-3-4-9-25-18-16-14-10-12(20)5-6-13(14)17(19(2,24)11-23)22-15(16)7-8-21-18/h5-8,10,23-24H,3-4,9,11H2,1-2H3. The largest absolute Gasteiger partial charge is 0.477 e. The Labute approximate surface area is 145 Å². The molecule has 0 spiro atoms. The Balaban J connectivity index is 2.32. The SMILES string of the molecule is CCCCOc1nccc2nc(C(C)(O)CO)c3ccc(F)cc3c12. The highest BCUT2D eigenvalue weighted by Crippen LogP contribution is 2.36. The lowest BCUT2D eigenvalue weighted by molar-refractivity contribution is -0.00428. The van der Waals surface area contributed by atoms with Crippen LogP contribution < -0.4 is 4.74 Å². The first-order valence-corrected chi connectivity index (χ1v) is 8.32. The van der Waals surface area contributed by atoms with Gasteiger partial charge in [0.2, 0.25) is 5.88 Å². The molecule has 3 aromatic rings. The maximum absolute atomic E-state index is 13.9. The molecule has 2 aromatic heterocycles. The molecule has 0 fully saturated rings. The van der Waals surface area contributed by atoms with E-state index in [0.717, 1.165) is 12.8 Å². The molecule has 1 atom stereocenters. The van der Waals surface area contributed by atoms with Gasteiger partial charge in [0, 0.05) is 17.0 Å². The third kappa shape index (κ3) is 3.27. The van der Waals surface area contributed by atoms with Crippen molar-refractivity contribution in [2.75, 3.05) is 13.2 Å². The molecular formula is C19H21FN2O3. The lowest BCUT2D eigenvalue weighted by atomic mass is 9.95. The highest BCUT2D eigenvalue weighted by molar-refractivity contribution is 6.09. The van der Waals surface area contributed by atoms with Gasteiger partial charge in [-0.25, -0.2) is 14.4 Å². The number of aliphatic hydroxyl groups excluding tert-OH is 1. The van der Waals surface area contributed by atoms with Gasteiger partial charge in [0.1, 0.15) is 11.4 Å². The van der Waals surface area contributed by atoms with E-state index >= 15 is 0 Å². The van der Waals surface area contributed by atoms with Crippen LogP contribution in [0.5, 0.6) is 5.88 Å². The summed E-state index contributed by atoms with van der Waals surface area (Å²) in [6, 6.07) is 5.92. The number of aromatic nitrogens is 2. The van der Waals surface area contributed by atoms with E-state index in [0.29, 0.717) is 39.9 Å². The van der Waals surface area contributed by atoms with Crippen LogP contribution in [0.3, 0.4) is 0 Å². The molecule has 0 amide bonds. The molecule has 25 heavy (non-hydrogen) atoms. The molecule has 0 saturated carbocycles. The smallest absolute Gasteiger partial charge is 0.223 e. The summed E-state index contributed by atoms with van der Waals surface area (Å²) >= 11 is 0. The van der Waals surface area contributed by atoms with Crippen LogP contribution >= 0.6 is 0 Å². The van der Waals surface area contributed by atoms with E-state index in [9.17, 15) is 14.6 Å². The highest BCUT2D eigenvalue weighted by atomic mass is 19.1. The summed E-state index contributed by atoms with van der Waals surface area (Å²) < 4.78 is 19.7. The average molecular weight is 344 g/mol. The van der Waals surface area contributed by atoms with E-state index in [1.165, 1.54) is 19.1 Å². The van der Waals surface area contributed by atoms with Gasteiger partial charge in [-0.3, -0.25) is 0 Å². The van der Waals surface area contributed by atoms with Gasteiger partial charge in [-0.05, 0) is 37.6 Å². The first-order chi connectivity index (χ1) is 12.0. The second-order valence-electron chi connectivity index (χ2n) is 6.29. The predicted molar refractivity (Wildman–Crippen MR) is 94.1 cm³/mol. The van der Waals surface area contributed by atoms with Crippen molar-refractivity contribution >= 4 is 21.7 Å². The number of nitrogens with zero attached hydrogens (tertiary/aromatic N) is 2. The number of hydrogen-bond acceptors (Lipinski definition) is 5. The summed E-state index contributed by atoms with van der Waals surface area (Å²) in [5, 5.41) is 21.7. The number of rotatable bonds is 6. The minimum absolute atomic E-state index is 0.295. The number of aliphatic hydroxyl groups is 2. The average Bonchev–Trinajstić information content (AvgIpc) is 2.61. The monoisotopic (exact) mass is 344 g/mol. The van der Waals surface area contributed by atoms with Crippen molar-refractivity contribution in [1.29, 1.82) is 0 Å². The molecule has 6 heteroatoms. The maximum atomic E-state index is 13.9. The van der Waals surface area contributed by atoms with Crippen molar-refractivity contribution in [3.05, 3.63) is 42.0 Å². The van der Waals surface area contributed by atoms with Gasteiger partial charge in [0.15, 0.2) is 0 Å². The number of unbranched alkanes of at least 4 members (excludes halogenated alkanes) is 1. The molecule has 132 valence electrons. The van der Waals surface area contributed by atoms with Crippen molar-refractivity contribution in [1.82, 2.24) is 9.97 Å². The summed E-state index contributed by atoms with van der Waals surface area (Å²) in [4.78, 5) is 8.79. The number of ether oxygens (including phenoxy) is 1. The predicted octanol–water partition coefficient (Wildman–Crippen LogP) is 3.30. The fraction of sp³-hybridized carbons (Fsp3) is 0.368. The van der Waals surface area contributed by atoms with Gasteiger partial charge in [0.05, 0.1) is 29.8 Å². The summed E-state index contributed by atoms with van der Waals surface area (Å²) in [7, 11) is 0. The van der Waals surface area contributed by atoms with Crippen molar-refractivity contribution in [3.63, 3.8) is 0 Å². The van der Waals surface area contributed by atoms with E-state index in [2.05, 4.69) is 16.9 Å².